The lowest BCUT2D eigenvalue weighted by Gasteiger charge is -2.21. The van der Waals surface area contributed by atoms with Crippen molar-refractivity contribution in [1.82, 2.24) is 0 Å². The predicted octanol–water partition coefficient (Wildman–Crippen LogP) is 21.6. The maximum Gasteiger partial charge on any atom is 0.472 e. The van der Waals surface area contributed by atoms with E-state index >= 15 is 0 Å². The molecule has 0 fully saturated rings. The van der Waals surface area contributed by atoms with Crippen LogP contribution in [0.3, 0.4) is 0 Å². The fourth-order valence-corrected chi connectivity index (χ4v) is 12.5. The van der Waals surface area contributed by atoms with Gasteiger partial charge in [-0.1, -0.05) is 316 Å². The van der Waals surface area contributed by atoms with Crippen molar-refractivity contribution in [3.63, 3.8) is 0 Å². The number of carbonyl (C=O) groups excluding carboxylic acids is 4. The summed E-state index contributed by atoms with van der Waals surface area (Å²) in [5.74, 6) is -1.42. The highest BCUT2D eigenvalue weighted by molar-refractivity contribution is 7.47. The van der Waals surface area contributed by atoms with Crippen LogP contribution in [0.15, 0.2) is 24.3 Å². The van der Waals surface area contributed by atoms with Crippen LogP contribution in [0.4, 0.5) is 0 Å². The monoisotopic (exact) mass is 1380 g/mol. The van der Waals surface area contributed by atoms with E-state index in [0.717, 1.165) is 121 Å². The molecule has 0 aromatic rings. The molecule has 3 N–H and O–H groups in total. The van der Waals surface area contributed by atoms with Crippen molar-refractivity contribution in [2.45, 2.75) is 387 Å². The van der Waals surface area contributed by atoms with Gasteiger partial charge in [-0.3, -0.25) is 37.3 Å². The van der Waals surface area contributed by atoms with Crippen molar-refractivity contribution < 1.29 is 80.2 Å². The third kappa shape index (κ3) is 66.8. The number of esters is 4. The molecule has 0 aliphatic heterocycles. The highest BCUT2D eigenvalue weighted by Crippen LogP contribution is 2.45. The molecule has 554 valence electrons. The molecule has 94 heavy (non-hydrogen) atoms. The van der Waals surface area contributed by atoms with Gasteiger partial charge in [0.05, 0.1) is 26.4 Å². The van der Waals surface area contributed by atoms with Crippen LogP contribution in [0.2, 0.25) is 0 Å². The Kier molecular flexibility index (Phi) is 65.9. The van der Waals surface area contributed by atoms with E-state index in [4.69, 9.17) is 37.0 Å². The van der Waals surface area contributed by atoms with Crippen molar-refractivity contribution in [1.29, 1.82) is 0 Å². The molecule has 0 aromatic carbocycles. The summed E-state index contributed by atoms with van der Waals surface area (Å²) in [7, 11) is -9.92. The molecule has 0 aliphatic rings. The predicted molar refractivity (Wildman–Crippen MR) is 381 cm³/mol. The summed E-state index contributed by atoms with van der Waals surface area (Å²) >= 11 is 0. The Bertz CT molecular complexity index is 1900. The number of allylic oxidation sites excluding steroid dienone is 4. The Morgan fingerprint density at radius 2 is 0.596 bits per heavy atom. The molecule has 3 unspecified atom stereocenters. The lowest BCUT2D eigenvalue weighted by molar-refractivity contribution is -0.161. The van der Waals surface area contributed by atoms with Gasteiger partial charge in [0.2, 0.25) is 0 Å². The van der Waals surface area contributed by atoms with E-state index in [-0.39, 0.29) is 25.7 Å². The normalized spacial score (nSPS) is 14.4. The van der Waals surface area contributed by atoms with Crippen LogP contribution in [0.25, 0.3) is 0 Å². The van der Waals surface area contributed by atoms with E-state index in [2.05, 4.69) is 58.9 Å². The van der Waals surface area contributed by atoms with Gasteiger partial charge >= 0.3 is 39.5 Å². The first-order chi connectivity index (χ1) is 45.6. The number of aliphatic hydroxyl groups is 1. The molecular weight excluding hydrogens is 1230 g/mol. The van der Waals surface area contributed by atoms with E-state index in [1.807, 2.05) is 0 Å². The second-order valence-electron chi connectivity index (χ2n) is 26.6. The maximum atomic E-state index is 13.1. The molecule has 17 nitrogen and oxygen atoms in total. The summed E-state index contributed by atoms with van der Waals surface area (Å²) in [4.78, 5) is 72.7. The van der Waals surface area contributed by atoms with E-state index in [0.29, 0.717) is 25.7 Å². The second kappa shape index (κ2) is 67.7. The lowest BCUT2D eigenvalue weighted by Crippen LogP contribution is -2.30. The SMILES string of the molecule is CCCCCC/C=C\C=C/CCCCCCCC(=O)OC[C@H](COP(=O)(O)OC[C@@H](O)COP(=O)(O)OC[C@@H](COC(=O)CCCCCCCCC(C)CC)OC(=O)CCCCCCCCCCCCCCC)OC(=O)CCCCCCCCCCCCCCCCCC. The van der Waals surface area contributed by atoms with Crippen LogP contribution >= 0.6 is 15.6 Å². The van der Waals surface area contributed by atoms with Gasteiger partial charge in [0.15, 0.2) is 12.2 Å². The minimum Gasteiger partial charge on any atom is -0.462 e. The van der Waals surface area contributed by atoms with Crippen molar-refractivity contribution in [3.05, 3.63) is 24.3 Å². The number of phosphoric acid groups is 2. The quantitative estimate of drug-likeness (QED) is 0.0169. The van der Waals surface area contributed by atoms with E-state index in [9.17, 15) is 43.2 Å². The smallest absolute Gasteiger partial charge is 0.462 e. The number of rotatable bonds is 73. The number of unbranched alkanes of at least 4 members (excludes halogenated alkanes) is 41. The largest absolute Gasteiger partial charge is 0.472 e. The van der Waals surface area contributed by atoms with E-state index < -0.39 is 97.5 Å². The van der Waals surface area contributed by atoms with Gasteiger partial charge in [0, 0.05) is 25.7 Å². The third-order valence-electron chi connectivity index (χ3n) is 17.3. The molecule has 0 rings (SSSR count). The van der Waals surface area contributed by atoms with Crippen LogP contribution in [0.5, 0.6) is 0 Å². The molecule has 19 heteroatoms. The Morgan fingerprint density at radius 1 is 0.340 bits per heavy atom. The molecule has 0 amide bonds. The third-order valence-corrected chi connectivity index (χ3v) is 19.2. The van der Waals surface area contributed by atoms with Crippen molar-refractivity contribution in [3.8, 4) is 0 Å². The number of hydrogen-bond donors (Lipinski definition) is 3. The Labute approximate surface area is 573 Å². The number of phosphoric ester groups is 2. The number of ether oxygens (including phenoxy) is 4. The minimum absolute atomic E-state index is 0.101. The fraction of sp³-hybridized carbons (Fsp3) is 0.893. The van der Waals surface area contributed by atoms with Crippen molar-refractivity contribution in [2.24, 2.45) is 5.92 Å². The standard InChI is InChI=1S/C75H142O17P2/c1-6-10-13-16-19-22-25-28-30-32-35-38-41-44-51-56-61-74(79)91-70(64-85-72(77)58-53-48-42-39-36-34-31-29-26-23-20-17-14-11-7-2)66-89-93(81,82)87-62-69(76)63-88-94(83,84)90-67-71(65-86-73(78)59-54-49-46-45-47-52-57-68(5)9-4)92-75(80)60-55-50-43-40-37-33-27-24-21-18-15-12-8-3/h23,26,29,31,68-71,76H,6-22,24-25,27-28,30,32-67H2,1-5H3,(H,81,82)(H,83,84)/b26-23-,31-29-/t68?,69-,70-,71-/m1/s1. The summed E-state index contributed by atoms with van der Waals surface area (Å²) < 4.78 is 68.4. The highest BCUT2D eigenvalue weighted by atomic mass is 31.2. The molecule has 0 aliphatic carbocycles. The van der Waals surface area contributed by atoms with Gasteiger partial charge in [-0.15, -0.1) is 0 Å². The summed E-state index contributed by atoms with van der Waals surface area (Å²) in [5, 5.41) is 10.6. The molecule has 0 bridgehead atoms. The zero-order valence-corrected chi connectivity index (χ0v) is 62.4. The maximum absolute atomic E-state index is 13.1. The molecule has 0 spiro atoms. The Hall–Kier alpha value is -2.46. The lowest BCUT2D eigenvalue weighted by atomic mass is 10.00. The first-order valence-corrected chi connectivity index (χ1v) is 41.5. The number of carbonyl (C=O) groups is 4. The minimum atomic E-state index is -4.96. The van der Waals surface area contributed by atoms with E-state index in [1.165, 1.54) is 167 Å². The number of aliphatic hydroxyl groups excluding tert-OH is 1. The molecule has 0 aromatic heterocycles. The topological polar surface area (TPSA) is 237 Å². The van der Waals surface area contributed by atoms with Gasteiger partial charge in [-0.05, 0) is 57.3 Å². The zero-order valence-electron chi connectivity index (χ0n) is 60.6. The molecular formula is C75H142O17P2. The molecule has 0 heterocycles. The highest BCUT2D eigenvalue weighted by Gasteiger charge is 2.30. The van der Waals surface area contributed by atoms with Gasteiger partial charge in [-0.25, -0.2) is 9.13 Å². The zero-order chi connectivity index (χ0) is 69.1. The molecule has 0 radical (unpaired) electrons. The fourth-order valence-electron chi connectivity index (χ4n) is 11.0. The summed E-state index contributed by atoms with van der Waals surface area (Å²) in [6, 6.07) is 0. The van der Waals surface area contributed by atoms with E-state index in [1.54, 1.807) is 0 Å². The van der Waals surface area contributed by atoms with Gasteiger partial charge in [0.1, 0.15) is 19.3 Å². The molecule has 0 saturated carbocycles. The van der Waals surface area contributed by atoms with Gasteiger partial charge in [0.25, 0.3) is 0 Å². The van der Waals surface area contributed by atoms with Crippen molar-refractivity contribution in [2.75, 3.05) is 39.6 Å². The van der Waals surface area contributed by atoms with Crippen LogP contribution in [0.1, 0.15) is 369 Å². The van der Waals surface area contributed by atoms with Crippen LogP contribution in [-0.4, -0.2) is 96.7 Å². The Balaban J connectivity index is 5.29. The van der Waals surface area contributed by atoms with Gasteiger partial charge in [-0.2, -0.15) is 0 Å². The first-order valence-electron chi connectivity index (χ1n) is 38.5. The average Bonchev–Trinajstić information content (AvgIpc) is 1.35. The molecule has 0 saturated heterocycles. The number of hydrogen-bond acceptors (Lipinski definition) is 15. The van der Waals surface area contributed by atoms with Crippen LogP contribution in [0, 0.1) is 5.92 Å². The summed E-state index contributed by atoms with van der Waals surface area (Å²) in [6.07, 6.45) is 59.0. The first kappa shape index (κ1) is 91.5. The van der Waals surface area contributed by atoms with Crippen LogP contribution in [-0.2, 0) is 65.4 Å². The van der Waals surface area contributed by atoms with Gasteiger partial charge < -0.3 is 33.8 Å². The van der Waals surface area contributed by atoms with Crippen molar-refractivity contribution >= 4 is 39.5 Å². The van der Waals surface area contributed by atoms with Crippen LogP contribution < -0.4 is 0 Å². The Morgan fingerprint density at radius 3 is 0.904 bits per heavy atom. The summed E-state index contributed by atoms with van der Waals surface area (Å²) in [5.41, 5.74) is 0. The second-order valence-corrected chi connectivity index (χ2v) is 29.5. The molecule has 6 atom stereocenters. The average molecular weight is 1380 g/mol. The summed E-state index contributed by atoms with van der Waals surface area (Å²) in [6.45, 7) is 7.18.